The van der Waals surface area contributed by atoms with Gasteiger partial charge in [0, 0.05) is 24.9 Å². The van der Waals surface area contributed by atoms with Gasteiger partial charge in [0.05, 0.1) is 18.4 Å². The van der Waals surface area contributed by atoms with Crippen molar-refractivity contribution in [1.29, 1.82) is 0 Å². The fraction of sp³-hybridized carbons (Fsp3) is 0.333. The number of hydrogen-bond acceptors (Lipinski definition) is 10. The molecule has 2 unspecified atom stereocenters. The Morgan fingerprint density at radius 2 is 1.95 bits per heavy atom. The predicted molar refractivity (Wildman–Crippen MR) is 147 cm³/mol. The molecule has 40 heavy (non-hydrogen) atoms. The van der Waals surface area contributed by atoms with E-state index in [1.165, 1.54) is 4.90 Å². The van der Waals surface area contributed by atoms with E-state index >= 15 is 0 Å². The van der Waals surface area contributed by atoms with Crippen molar-refractivity contribution in [1.82, 2.24) is 9.69 Å². The molecule has 0 saturated carbocycles. The number of rotatable bonds is 10. The van der Waals surface area contributed by atoms with Gasteiger partial charge in [0.1, 0.15) is 16.7 Å². The highest BCUT2D eigenvalue weighted by Gasteiger charge is 2.37. The minimum atomic E-state index is -1.15. The lowest BCUT2D eigenvalue weighted by atomic mass is 10.0. The van der Waals surface area contributed by atoms with Gasteiger partial charge < -0.3 is 35.7 Å². The fourth-order valence-electron chi connectivity index (χ4n) is 4.60. The average molecular weight is 568 g/mol. The van der Waals surface area contributed by atoms with Gasteiger partial charge >= 0.3 is 0 Å². The van der Waals surface area contributed by atoms with Crippen LogP contribution in [0, 0.1) is 0 Å². The molecule has 12 nitrogen and oxygen atoms in total. The van der Waals surface area contributed by atoms with Gasteiger partial charge in [-0.2, -0.15) is 4.37 Å². The first-order valence-electron chi connectivity index (χ1n) is 12.8. The Balaban J connectivity index is 1.60. The third-order valence-corrected chi connectivity index (χ3v) is 7.40. The van der Waals surface area contributed by atoms with Crippen LogP contribution in [-0.4, -0.2) is 54.8 Å². The highest BCUT2D eigenvalue weighted by atomic mass is 32.1. The summed E-state index contributed by atoms with van der Waals surface area (Å²) in [7, 11) is 0. The molecule has 5 N–H and O–H groups in total. The summed E-state index contributed by atoms with van der Waals surface area (Å²) in [5, 5.41) is 2.95. The van der Waals surface area contributed by atoms with Gasteiger partial charge in [0.2, 0.25) is 12.7 Å². The van der Waals surface area contributed by atoms with Crippen LogP contribution in [0.1, 0.15) is 51.5 Å². The molecule has 0 spiro atoms. The SMILES string of the molecule is CCOc1ccc(C(C(=O)NCC2CCCO2)N(C(=O)c2snc(C(N)=O)c2N)c2ccc3c(c2)OCO3)cc1. The van der Waals surface area contributed by atoms with Crippen LogP contribution in [0.5, 0.6) is 17.2 Å². The number of nitrogens with two attached hydrogens (primary N) is 2. The molecule has 2 aromatic carbocycles. The third-order valence-electron chi connectivity index (χ3n) is 6.55. The molecule has 2 aliphatic heterocycles. The number of primary amides is 1. The number of ether oxygens (including phenoxy) is 4. The second kappa shape index (κ2) is 11.8. The minimum Gasteiger partial charge on any atom is -0.494 e. The van der Waals surface area contributed by atoms with Crippen LogP contribution in [0.4, 0.5) is 11.4 Å². The molecule has 3 amide bonds. The lowest BCUT2D eigenvalue weighted by molar-refractivity contribution is -0.123. The van der Waals surface area contributed by atoms with Crippen LogP contribution in [0.15, 0.2) is 42.5 Å². The van der Waals surface area contributed by atoms with Crippen LogP contribution in [0.25, 0.3) is 0 Å². The molecular formula is C27H29N5O7S. The number of anilines is 2. The Hall–Kier alpha value is -4.36. The number of nitrogens with one attached hydrogen (secondary N) is 1. The second-order valence-corrected chi connectivity index (χ2v) is 9.91. The molecule has 210 valence electrons. The van der Waals surface area contributed by atoms with Gasteiger partial charge in [0.25, 0.3) is 11.8 Å². The number of carbonyl (C=O) groups excluding carboxylic acids is 3. The van der Waals surface area contributed by atoms with Gasteiger partial charge in [-0.25, -0.2) is 0 Å². The number of nitrogens with zero attached hydrogens (tertiary/aromatic N) is 2. The van der Waals surface area contributed by atoms with Crippen molar-refractivity contribution < 1.29 is 33.3 Å². The third kappa shape index (κ3) is 5.51. The molecule has 0 radical (unpaired) electrons. The monoisotopic (exact) mass is 567 g/mol. The van der Waals surface area contributed by atoms with E-state index < -0.39 is 23.8 Å². The van der Waals surface area contributed by atoms with E-state index in [2.05, 4.69) is 9.69 Å². The van der Waals surface area contributed by atoms with E-state index in [1.807, 2.05) is 6.92 Å². The van der Waals surface area contributed by atoms with E-state index in [4.69, 9.17) is 30.4 Å². The van der Waals surface area contributed by atoms with E-state index in [0.29, 0.717) is 41.7 Å². The maximum Gasteiger partial charge on any atom is 0.273 e. The molecule has 5 rings (SSSR count). The summed E-state index contributed by atoms with van der Waals surface area (Å²) in [5.41, 5.74) is 12.0. The number of fused-ring (bicyclic) bond motifs is 1. The Morgan fingerprint density at radius 3 is 2.62 bits per heavy atom. The quantitative estimate of drug-likeness (QED) is 0.333. The highest BCUT2D eigenvalue weighted by molar-refractivity contribution is 7.09. The Morgan fingerprint density at radius 1 is 1.18 bits per heavy atom. The Kier molecular flexibility index (Phi) is 8.03. The molecule has 3 heterocycles. The van der Waals surface area contributed by atoms with Gasteiger partial charge in [-0.3, -0.25) is 19.3 Å². The van der Waals surface area contributed by atoms with E-state index in [0.717, 1.165) is 24.4 Å². The zero-order valence-electron chi connectivity index (χ0n) is 21.8. The van der Waals surface area contributed by atoms with Crippen LogP contribution >= 0.6 is 11.5 Å². The summed E-state index contributed by atoms with van der Waals surface area (Å²) in [4.78, 5) is 41.2. The predicted octanol–water partition coefficient (Wildman–Crippen LogP) is 2.63. The molecule has 3 aromatic rings. The van der Waals surface area contributed by atoms with Crippen LogP contribution in [0.2, 0.25) is 0 Å². The first-order valence-corrected chi connectivity index (χ1v) is 13.5. The van der Waals surface area contributed by atoms with Crippen LogP contribution in [0.3, 0.4) is 0 Å². The molecule has 1 fully saturated rings. The van der Waals surface area contributed by atoms with Crippen LogP contribution < -0.4 is 35.9 Å². The molecule has 0 aliphatic carbocycles. The van der Waals surface area contributed by atoms with Crippen molar-refractivity contribution in [2.45, 2.75) is 31.9 Å². The summed E-state index contributed by atoms with van der Waals surface area (Å²) in [6.07, 6.45) is 1.62. The summed E-state index contributed by atoms with van der Waals surface area (Å²) >= 11 is 0.733. The number of hydrogen-bond donors (Lipinski definition) is 3. The number of nitrogen functional groups attached to an aromatic ring is 1. The normalized spacial score (nSPS) is 16.4. The maximum atomic E-state index is 14.2. The fourth-order valence-corrected chi connectivity index (χ4v) is 5.35. The van der Waals surface area contributed by atoms with E-state index in [1.54, 1.807) is 42.5 Å². The van der Waals surface area contributed by atoms with Crippen molar-refractivity contribution in [3.63, 3.8) is 0 Å². The van der Waals surface area contributed by atoms with Crippen molar-refractivity contribution in [2.24, 2.45) is 5.73 Å². The zero-order valence-corrected chi connectivity index (χ0v) is 22.6. The van der Waals surface area contributed by atoms with Gasteiger partial charge in [0.15, 0.2) is 17.2 Å². The zero-order chi connectivity index (χ0) is 28.2. The van der Waals surface area contributed by atoms with Gasteiger partial charge in [-0.1, -0.05) is 12.1 Å². The van der Waals surface area contributed by atoms with Crippen LogP contribution in [-0.2, 0) is 9.53 Å². The first-order chi connectivity index (χ1) is 19.4. The maximum absolute atomic E-state index is 14.2. The lowest BCUT2D eigenvalue weighted by Gasteiger charge is -2.31. The summed E-state index contributed by atoms with van der Waals surface area (Å²) in [6.45, 7) is 3.29. The summed E-state index contributed by atoms with van der Waals surface area (Å²) < 4.78 is 26.2. The Bertz CT molecular complexity index is 1400. The number of amides is 3. The molecule has 2 atom stereocenters. The Labute approximate surface area is 234 Å². The summed E-state index contributed by atoms with van der Waals surface area (Å²) in [5.74, 6) is -0.416. The topological polar surface area (TPSA) is 168 Å². The molecular weight excluding hydrogens is 538 g/mol. The molecule has 1 aromatic heterocycles. The first kappa shape index (κ1) is 27.2. The van der Waals surface area contributed by atoms with Crippen molar-refractivity contribution in [3.05, 3.63) is 58.6 Å². The summed E-state index contributed by atoms with van der Waals surface area (Å²) in [6, 6.07) is 10.7. The highest BCUT2D eigenvalue weighted by Crippen LogP contribution is 2.40. The molecule has 1 saturated heterocycles. The minimum absolute atomic E-state index is 0.0285. The van der Waals surface area contributed by atoms with E-state index in [-0.39, 0.29) is 35.7 Å². The molecule has 13 heteroatoms. The average Bonchev–Trinajstić information content (AvgIpc) is 3.71. The lowest BCUT2D eigenvalue weighted by Crippen LogP contribution is -2.45. The van der Waals surface area contributed by atoms with Crippen molar-refractivity contribution in [3.8, 4) is 17.2 Å². The standard InChI is InChI=1S/C27H29N5O7S/c1-2-36-17-8-5-15(6-9-17)23(26(34)30-13-18-4-3-11-37-18)32(16-7-10-19-20(12-16)39-14-38-19)27(35)24-21(28)22(25(29)33)31-40-24/h5-10,12,18,23H,2-4,11,13-14,28H2,1H3,(H2,29,33)(H,30,34). The molecule has 0 bridgehead atoms. The molecule has 2 aliphatic rings. The largest absolute Gasteiger partial charge is 0.494 e. The van der Waals surface area contributed by atoms with Gasteiger partial charge in [-0.05, 0) is 61.1 Å². The number of aromatic nitrogens is 1. The number of carbonyl (C=O) groups is 3. The van der Waals surface area contributed by atoms with Crippen molar-refractivity contribution >= 4 is 40.6 Å². The van der Waals surface area contributed by atoms with Crippen molar-refractivity contribution in [2.75, 3.05) is 37.2 Å². The smallest absolute Gasteiger partial charge is 0.273 e. The number of benzene rings is 2. The second-order valence-electron chi connectivity index (χ2n) is 9.14. The van der Waals surface area contributed by atoms with Gasteiger partial charge in [-0.15, -0.1) is 0 Å². The van der Waals surface area contributed by atoms with E-state index in [9.17, 15) is 14.4 Å².